The Morgan fingerprint density at radius 1 is 1.12 bits per heavy atom. The SMILES string of the molecule is COC(=O)c1ccc(-c2cc(OC)ccc2F)c([C@H](O)C(C)(C)O)c1. The molecule has 0 aliphatic rings. The largest absolute Gasteiger partial charge is 0.497 e. The number of esters is 1. The maximum absolute atomic E-state index is 14.4. The highest BCUT2D eigenvalue weighted by Crippen LogP contribution is 2.37. The number of aliphatic hydroxyl groups is 2. The molecule has 0 unspecified atom stereocenters. The third-order valence-electron chi connectivity index (χ3n) is 3.90. The van der Waals surface area contributed by atoms with Gasteiger partial charge in [0.05, 0.1) is 25.4 Å². The van der Waals surface area contributed by atoms with Gasteiger partial charge in [0, 0.05) is 5.56 Å². The van der Waals surface area contributed by atoms with Crippen molar-refractivity contribution in [1.82, 2.24) is 0 Å². The summed E-state index contributed by atoms with van der Waals surface area (Å²) in [6.45, 7) is 2.85. The summed E-state index contributed by atoms with van der Waals surface area (Å²) in [7, 11) is 2.70. The first-order valence-corrected chi connectivity index (χ1v) is 7.65. The zero-order valence-electron chi connectivity index (χ0n) is 14.5. The molecule has 25 heavy (non-hydrogen) atoms. The Morgan fingerprint density at radius 3 is 2.36 bits per heavy atom. The van der Waals surface area contributed by atoms with Crippen molar-refractivity contribution in [1.29, 1.82) is 0 Å². The molecule has 2 aromatic rings. The number of hydrogen-bond acceptors (Lipinski definition) is 5. The van der Waals surface area contributed by atoms with Crippen molar-refractivity contribution in [2.45, 2.75) is 25.6 Å². The highest BCUT2D eigenvalue weighted by Gasteiger charge is 2.30. The topological polar surface area (TPSA) is 76.0 Å². The second-order valence-corrected chi connectivity index (χ2v) is 6.20. The number of halogens is 1. The second-order valence-electron chi connectivity index (χ2n) is 6.20. The molecule has 2 aromatic carbocycles. The van der Waals surface area contributed by atoms with Crippen molar-refractivity contribution in [3.8, 4) is 16.9 Å². The summed E-state index contributed by atoms with van der Waals surface area (Å²) in [5, 5.41) is 20.7. The Kier molecular flexibility index (Phi) is 5.45. The fourth-order valence-corrected chi connectivity index (χ4v) is 2.50. The molecule has 0 fully saturated rings. The molecule has 5 nitrogen and oxygen atoms in total. The van der Waals surface area contributed by atoms with E-state index in [0.717, 1.165) is 0 Å². The van der Waals surface area contributed by atoms with E-state index in [2.05, 4.69) is 4.74 Å². The summed E-state index contributed by atoms with van der Waals surface area (Å²) in [5.74, 6) is -0.671. The molecule has 0 aliphatic carbocycles. The molecule has 0 spiro atoms. The highest BCUT2D eigenvalue weighted by molar-refractivity contribution is 5.90. The van der Waals surface area contributed by atoms with Gasteiger partial charge in [-0.05, 0) is 55.3 Å². The van der Waals surface area contributed by atoms with Gasteiger partial charge in [-0.25, -0.2) is 9.18 Å². The van der Waals surface area contributed by atoms with Gasteiger partial charge < -0.3 is 19.7 Å². The van der Waals surface area contributed by atoms with Crippen LogP contribution < -0.4 is 4.74 Å². The summed E-state index contributed by atoms with van der Waals surface area (Å²) in [6, 6.07) is 8.59. The van der Waals surface area contributed by atoms with Gasteiger partial charge in [0.25, 0.3) is 0 Å². The van der Waals surface area contributed by atoms with E-state index in [0.29, 0.717) is 11.3 Å². The summed E-state index contributed by atoms with van der Waals surface area (Å²) < 4.78 is 24.2. The summed E-state index contributed by atoms with van der Waals surface area (Å²) in [5.41, 5.74) is -0.568. The first-order chi connectivity index (χ1) is 11.7. The fraction of sp³-hybridized carbons (Fsp3) is 0.316. The highest BCUT2D eigenvalue weighted by atomic mass is 19.1. The second kappa shape index (κ2) is 7.21. The molecule has 0 aliphatic heterocycles. The zero-order valence-corrected chi connectivity index (χ0v) is 14.5. The lowest BCUT2D eigenvalue weighted by molar-refractivity contribution is -0.0494. The number of rotatable bonds is 5. The van der Waals surface area contributed by atoms with Crippen molar-refractivity contribution < 1.29 is 28.9 Å². The van der Waals surface area contributed by atoms with Crippen molar-refractivity contribution in [3.05, 3.63) is 53.3 Å². The summed E-state index contributed by atoms with van der Waals surface area (Å²) >= 11 is 0. The Morgan fingerprint density at radius 2 is 1.80 bits per heavy atom. The predicted octanol–water partition coefficient (Wildman–Crippen LogP) is 3.09. The van der Waals surface area contributed by atoms with E-state index >= 15 is 0 Å². The molecule has 0 saturated carbocycles. The van der Waals surface area contributed by atoms with Gasteiger partial charge in [-0.15, -0.1) is 0 Å². The van der Waals surface area contributed by atoms with E-state index < -0.39 is 23.5 Å². The zero-order chi connectivity index (χ0) is 18.8. The lowest BCUT2D eigenvalue weighted by Gasteiger charge is -2.27. The van der Waals surface area contributed by atoms with Gasteiger partial charge in [0.15, 0.2) is 0 Å². The van der Waals surface area contributed by atoms with Crippen LogP contribution in [0.5, 0.6) is 5.75 Å². The molecule has 0 heterocycles. The number of methoxy groups -OCH3 is 2. The van der Waals surface area contributed by atoms with Crippen molar-refractivity contribution in [2.75, 3.05) is 14.2 Å². The van der Waals surface area contributed by atoms with Gasteiger partial charge >= 0.3 is 5.97 Å². The van der Waals surface area contributed by atoms with E-state index in [4.69, 9.17) is 4.74 Å². The lowest BCUT2D eigenvalue weighted by Crippen LogP contribution is -2.29. The normalized spacial score (nSPS) is 12.6. The average molecular weight is 348 g/mol. The van der Waals surface area contributed by atoms with Gasteiger partial charge in [0.1, 0.15) is 17.7 Å². The minimum Gasteiger partial charge on any atom is -0.497 e. The number of carbonyl (C=O) groups is 1. The number of carbonyl (C=O) groups excluding carboxylic acids is 1. The van der Waals surface area contributed by atoms with Crippen LogP contribution in [-0.2, 0) is 4.74 Å². The van der Waals surface area contributed by atoms with Crippen LogP contribution in [0.25, 0.3) is 11.1 Å². The van der Waals surface area contributed by atoms with E-state index in [9.17, 15) is 19.4 Å². The van der Waals surface area contributed by atoms with Crippen LogP contribution >= 0.6 is 0 Å². The van der Waals surface area contributed by atoms with Crippen molar-refractivity contribution >= 4 is 5.97 Å². The molecule has 0 amide bonds. The first kappa shape index (κ1) is 18.9. The number of ether oxygens (including phenoxy) is 2. The fourth-order valence-electron chi connectivity index (χ4n) is 2.50. The van der Waals surface area contributed by atoms with Crippen LogP contribution in [0, 0.1) is 5.82 Å². The Hall–Kier alpha value is -2.44. The molecular weight excluding hydrogens is 327 g/mol. The third kappa shape index (κ3) is 3.97. The molecule has 134 valence electrons. The smallest absolute Gasteiger partial charge is 0.337 e. The first-order valence-electron chi connectivity index (χ1n) is 7.65. The van der Waals surface area contributed by atoms with Crippen LogP contribution in [0.15, 0.2) is 36.4 Å². The van der Waals surface area contributed by atoms with Crippen LogP contribution in [0.3, 0.4) is 0 Å². The summed E-state index contributed by atoms with van der Waals surface area (Å²) in [6.07, 6.45) is -1.35. The maximum atomic E-state index is 14.4. The van der Waals surface area contributed by atoms with Crippen molar-refractivity contribution in [3.63, 3.8) is 0 Å². The Bertz CT molecular complexity index is 780. The average Bonchev–Trinajstić information content (AvgIpc) is 2.59. The van der Waals surface area contributed by atoms with Gasteiger partial charge in [-0.1, -0.05) is 6.07 Å². The maximum Gasteiger partial charge on any atom is 0.337 e. The molecule has 0 bridgehead atoms. The van der Waals surface area contributed by atoms with Gasteiger partial charge in [-0.2, -0.15) is 0 Å². The van der Waals surface area contributed by atoms with E-state index in [1.165, 1.54) is 64.5 Å². The molecule has 0 saturated heterocycles. The Labute approximate surface area is 145 Å². The van der Waals surface area contributed by atoms with E-state index in [1.807, 2.05) is 0 Å². The number of benzene rings is 2. The Balaban J connectivity index is 2.71. The van der Waals surface area contributed by atoms with Gasteiger partial charge in [-0.3, -0.25) is 0 Å². The molecule has 2 N–H and O–H groups in total. The molecule has 1 atom stereocenters. The third-order valence-corrected chi connectivity index (χ3v) is 3.90. The molecule has 2 rings (SSSR count). The monoisotopic (exact) mass is 348 g/mol. The summed E-state index contributed by atoms with van der Waals surface area (Å²) in [4.78, 5) is 11.8. The number of aliphatic hydroxyl groups excluding tert-OH is 1. The minimum atomic E-state index is -1.50. The molecule has 6 heteroatoms. The minimum absolute atomic E-state index is 0.188. The van der Waals surface area contributed by atoms with Gasteiger partial charge in [0.2, 0.25) is 0 Å². The van der Waals surface area contributed by atoms with Crippen molar-refractivity contribution in [2.24, 2.45) is 0 Å². The quantitative estimate of drug-likeness (QED) is 0.812. The van der Waals surface area contributed by atoms with Crippen LogP contribution in [0.2, 0.25) is 0 Å². The van der Waals surface area contributed by atoms with Crippen LogP contribution in [-0.4, -0.2) is 36.0 Å². The van der Waals surface area contributed by atoms with E-state index in [-0.39, 0.29) is 16.7 Å². The molecular formula is C19H21FO5. The van der Waals surface area contributed by atoms with E-state index in [1.54, 1.807) is 0 Å². The van der Waals surface area contributed by atoms with Crippen LogP contribution in [0.1, 0.15) is 35.9 Å². The predicted molar refractivity (Wildman–Crippen MR) is 91.0 cm³/mol. The lowest BCUT2D eigenvalue weighted by atomic mass is 9.87. The standard InChI is InChI=1S/C19H21FO5/c1-19(2,23)17(21)15-9-11(18(22)25-4)5-7-13(15)14-10-12(24-3)6-8-16(14)20/h5-10,17,21,23H,1-4H3/t17-/m0/s1. The van der Waals surface area contributed by atoms with Crippen LogP contribution in [0.4, 0.5) is 4.39 Å². The molecule has 0 aromatic heterocycles. The molecule has 0 radical (unpaired) electrons. The number of hydrogen-bond donors (Lipinski definition) is 2.